The van der Waals surface area contributed by atoms with Crippen molar-refractivity contribution in [2.75, 3.05) is 12.1 Å². The number of hydrogen-bond donors (Lipinski definition) is 2. The van der Waals surface area contributed by atoms with E-state index >= 15 is 0 Å². The molecule has 0 unspecified atom stereocenters. The predicted molar refractivity (Wildman–Crippen MR) is 93.8 cm³/mol. The molecule has 0 saturated carbocycles. The van der Waals surface area contributed by atoms with Crippen LogP contribution in [0.3, 0.4) is 0 Å². The summed E-state index contributed by atoms with van der Waals surface area (Å²) in [6.07, 6.45) is 1.74. The summed E-state index contributed by atoms with van der Waals surface area (Å²) in [7, 11) is 0. The number of H-pyrrole nitrogens is 1. The lowest BCUT2D eigenvalue weighted by atomic mass is 10.0. The van der Waals surface area contributed by atoms with E-state index in [0.717, 1.165) is 21.9 Å². The second-order valence-corrected chi connectivity index (χ2v) is 6.30. The van der Waals surface area contributed by atoms with E-state index in [9.17, 15) is 4.79 Å². The molecule has 4 aromatic rings. The van der Waals surface area contributed by atoms with Crippen LogP contribution in [-0.4, -0.2) is 16.8 Å². The fraction of sp³-hybridized carbons (Fsp3) is 0.0588. The molecule has 1 aliphatic heterocycles. The smallest absolute Gasteiger partial charge is 0.417 e. The zero-order valence-corrected chi connectivity index (χ0v) is 13.6. The molecule has 0 radical (unpaired) electrons. The minimum atomic E-state index is -0.480. The van der Waals surface area contributed by atoms with Crippen molar-refractivity contribution in [1.29, 1.82) is 0 Å². The van der Waals surface area contributed by atoms with Crippen LogP contribution in [0.5, 0.6) is 11.5 Å². The van der Waals surface area contributed by atoms with Crippen molar-refractivity contribution in [3.8, 4) is 22.6 Å². The lowest BCUT2D eigenvalue weighted by Gasteiger charge is -2.13. The molecule has 0 fully saturated rings. The highest BCUT2D eigenvalue weighted by atomic mass is 32.1. The second-order valence-electron chi connectivity index (χ2n) is 5.41. The minimum absolute atomic E-state index is 0.171. The molecule has 124 valence electrons. The van der Waals surface area contributed by atoms with Crippen molar-refractivity contribution in [1.82, 2.24) is 9.97 Å². The summed E-state index contributed by atoms with van der Waals surface area (Å²) < 4.78 is 16.4. The van der Waals surface area contributed by atoms with Crippen molar-refractivity contribution in [3.63, 3.8) is 0 Å². The third-order valence-electron chi connectivity index (χ3n) is 3.92. The van der Waals surface area contributed by atoms with Gasteiger partial charge >= 0.3 is 5.76 Å². The van der Waals surface area contributed by atoms with Gasteiger partial charge < -0.3 is 19.2 Å². The van der Waals surface area contributed by atoms with Gasteiger partial charge in [0.1, 0.15) is 0 Å². The average molecular weight is 353 g/mol. The largest absolute Gasteiger partial charge is 0.454 e. The summed E-state index contributed by atoms with van der Waals surface area (Å²) in [4.78, 5) is 18.3. The molecule has 0 amide bonds. The standard InChI is InChI=1S/C17H11N3O4S/c21-17-20-10-2-1-9(7-13(10)24-17)14-11(19-16-18-5-6-25-16)3-4-12-15(14)23-8-22-12/h1-7H,8H2,(H,18,19)(H,20,21). The van der Waals surface area contributed by atoms with Crippen LogP contribution in [0.2, 0.25) is 0 Å². The summed E-state index contributed by atoms with van der Waals surface area (Å²) in [5.74, 6) is 0.847. The highest BCUT2D eigenvalue weighted by molar-refractivity contribution is 7.13. The van der Waals surface area contributed by atoms with E-state index in [0.29, 0.717) is 22.6 Å². The van der Waals surface area contributed by atoms with Gasteiger partial charge in [-0.25, -0.2) is 9.78 Å². The molecule has 3 heterocycles. The monoisotopic (exact) mass is 353 g/mol. The number of thiazole rings is 1. The van der Waals surface area contributed by atoms with E-state index in [1.165, 1.54) is 11.3 Å². The maximum atomic E-state index is 11.4. The number of hydrogen-bond acceptors (Lipinski definition) is 7. The number of aromatic amines is 1. The normalized spacial score (nSPS) is 12.6. The third kappa shape index (κ3) is 2.34. The maximum absolute atomic E-state index is 11.4. The number of anilines is 2. The van der Waals surface area contributed by atoms with Crippen LogP contribution >= 0.6 is 11.3 Å². The fourth-order valence-electron chi connectivity index (χ4n) is 2.86. The van der Waals surface area contributed by atoms with E-state index < -0.39 is 5.76 Å². The lowest BCUT2D eigenvalue weighted by Crippen LogP contribution is -1.96. The predicted octanol–water partition coefficient (Wildman–Crippen LogP) is 3.72. The lowest BCUT2D eigenvalue weighted by molar-refractivity contribution is 0.174. The molecule has 0 saturated heterocycles. The summed E-state index contributed by atoms with van der Waals surface area (Å²) in [5, 5.41) is 5.98. The zero-order chi connectivity index (χ0) is 16.8. The Morgan fingerprint density at radius 2 is 2.16 bits per heavy atom. The summed E-state index contributed by atoms with van der Waals surface area (Å²) in [6.45, 7) is 0.171. The molecule has 0 bridgehead atoms. The first-order valence-corrected chi connectivity index (χ1v) is 8.38. The molecule has 5 rings (SSSR count). The van der Waals surface area contributed by atoms with Crippen LogP contribution in [0.4, 0.5) is 10.8 Å². The van der Waals surface area contributed by atoms with Gasteiger partial charge in [-0.05, 0) is 29.8 Å². The van der Waals surface area contributed by atoms with Gasteiger partial charge in [-0.2, -0.15) is 0 Å². The minimum Gasteiger partial charge on any atom is -0.454 e. The number of benzene rings is 2. The van der Waals surface area contributed by atoms with Gasteiger partial charge in [0.15, 0.2) is 22.2 Å². The van der Waals surface area contributed by atoms with Crippen molar-refractivity contribution < 1.29 is 13.9 Å². The molecular weight excluding hydrogens is 342 g/mol. The molecule has 2 aromatic heterocycles. The molecule has 2 N–H and O–H groups in total. The highest BCUT2D eigenvalue weighted by Gasteiger charge is 2.23. The van der Waals surface area contributed by atoms with Crippen LogP contribution in [0, 0.1) is 0 Å². The first-order valence-electron chi connectivity index (χ1n) is 7.50. The van der Waals surface area contributed by atoms with E-state index in [1.807, 2.05) is 23.6 Å². The second kappa shape index (κ2) is 5.38. The average Bonchev–Trinajstić information content (AvgIpc) is 3.33. The Morgan fingerprint density at radius 3 is 3.04 bits per heavy atom. The Hall–Kier alpha value is -3.26. The Balaban J connectivity index is 1.71. The summed E-state index contributed by atoms with van der Waals surface area (Å²) in [5.41, 5.74) is 3.64. The zero-order valence-electron chi connectivity index (χ0n) is 12.7. The van der Waals surface area contributed by atoms with Gasteiger partial charge in [0, 0.05) is 11.6 Å². The molecule has 0 atom stereocenters. The van der Waals surface area contributed by atoms with Crippen molar-refractivity contribution in [2.45, 2.75) is 0 Å². The quantitative estimate of drug-likeness (QED) is 0.583. The van der Waals surface area contributed by atoms with Crippen LogP contribution in [-0.2, 0) is 0 Å². The molecular formula is C17H11N3O4S. The number of nitrogens with zero attached hydrogens (tertiary/aromatic N) is 1. The third-order valence-corrected chi connectivity index (χ3v) is 4.61. The first-order chi connectivity index (χ1) is 12.3. The highest BCUT2D eigenvalue weighted by Crippen LogP contribution is 2.47. The number of ether oxygens (including phenoxy) is 2. The maximum Gasteiger partial charge on any atom is 0.417 e. The van der Waals surface area contributed by atoms with Crippen LogP contribution in [0.15, 0.2) is 51.1 Å². The number of rotatable bonds is 3. The van der Waals surface area contributed by atoms with Crippen LogP contribution < -0.4 is 20.5 Å². The Morgan fingerprint density at radius 1 is 1.20 bits per heavy atom. The molecule has 0 spiro atoms. The molecule has 25 heavy (non-hydrogen) atoms. The van der Waals surface area contributed by atoms with Crippen molar-refractivity contribution in [3.05, 3.63) is 52.5 Å². The molecule has 8 heteroatoms. The van der Waals surface area contributed by atoms with Gasteiger partial charge in [-0.15, -0.1) is 11.3 Å². The van der Waals surface area contributed by atoms with Crippen molar-refractivity contribution in [2.24, 2.45) is 0 Å². The van der Waals surface area contributed by atoms with Crippen LogP contribution in [0.1, 0.15) is 0 Å². The topological polar surface area (TPSA) is 89.4 Å². The molecule has 0 aliphatic carbocycles. The number of aromatic nitrogens is 2. The van der Waals surface area contributed by atoms with Crippen molar-refractivity contribution >= 4 is 33.3 Å². The number of oxazole rings is 1. The van der Waals surface area contributed by atoms with Gasteiger partial charge in [-0.3, -0.25) is 4.98 Å². The Bertz CT molecular complexity index is 1130. The molecule has 7 nitrogen and oxygen atoms in total. The van der Waals surface area contributed by atoms with E-state index in [2.05, 4.69) is 15.3 Å². The summed E-state index contributed by atoms with van der Waals surface area (Å²) in [6, 6.07) is 9.28. The number of nitrogens with one attached hydrogen (secondary N) is 2. The number of fused-ring (bicyclic) bond motifs is 2. The fourth-order valence-corrected chi connectivity index (χ4v) is 3.41. The first kappa shape index (κ1) is 14.1. The van der Waals surface area contributed by atoms with E-state index in [4.69, 9.17) is 13.9 Å². The molecule has 2 aromatic carbocycles. The van der Waals surface area contributed by atoms with Gasteiger partial charge in [0.05, 0.1) is 16.8 Å². The van der Waals surface area contributed by atoms with E-state index in [-0.39, 0.29) is 6.79 Å². The molecule has 1 aliphatic rings. The van der Waals surface area contributed by atoms with Gasteiger partial charge in [-0.1, -0.05) is 6.07 Å². The summed E-state index contributed by atoms with van der Waals surface area (Å²) >= 11 is 1.50. The van der Waals surface area contributed by atoms with Gasteiger partial charge in [0.2, 0.25) is 6.79 Å². The van der Waals surface area contributed by atoms with E-state index in [1.54, 1.807) is 18.3 Å². The Labute approximate surface area is 144 Å². The van der Waals surface area contributed by atoms with Crippen LogP contribution in [0.25, 0.3) is 22.2 Å². The van der Waals surface area contributed by atoms with Gasteiger partial charge in [0.25, 0.3) is 0 Å². The Kier molecular flexibility index (Phi) is 3.04. The SMILES string of the molecule is O=c1[nH]c2ccc(-c3c(Nc4nccs4)ccc4c3OCO4)cc2o1.